The van der Waals surface area contributed by atoms with Crippen LogP contribution in [0.3, 0.4) is 0 Å². The molecule has 1 aliphatic carbocycles. The minimum absolute atomic E-state index is 0.207. The molecule has 3 heterocycles. The van der Waals surface area contributed by atoms with Gasteiger partial charge in [-0.1, -0.05) is 0 Å². The standard InChI is InChI=1S/C22H37N7O/c1-27-12-14-28(15-13-27)11-8-23-22(30)5-2-18-6-9-29(10-7-18)21-16-20(24-17-25-21)26-19-3-4-19/h16-19H,2-15H2,1H3,(H,23,30)(H,24,25,26). The van der Waals surface area contributed by atoms with Crippen LogP contribution in [0.2, 0.25) is 0 Å². The van der Waals surface area contributed by atoms with Gasteiger partial charge in [0.25, 0.3) is 0 Å². The van der Waals surface area contributed by atoms with E-state index in [4.69, 9.17) is 0 Å². The van der Waals surface area contributed by atoms with Crippen molar-refractivity contribution in [3.8, 4) is 0 Å². The number of hydrogen-bond acceptors (Lipinski definition) is 7. The van der Waals surface area contributed by atoms with Crippen LogP contribution in [0.4, 0.5) is 11.6 Å². The largest absolute Gasteiger partial charge is 0.367 e. The summed E-state index contributed by atoms with van der Waals surface area (Å²) in [7, 11) is 2.17. The molecule has 1 saturated carbocycles. The van der Waals surface area contributed by atoms with Gasteiger partial charge in [0.15, 0.2) is 0 Å². The van der Waals surface area contributed by atoms with Gasteiger partial charge in [-0.15, -0.1) is 0 Å². The molecule has 2 aliphatic heterocycles. The van der Waals surface area contributed by atoms with Crippen LogP contribution in [-0.2, 0) is 4.79 Å². The van der Waals surface area contributed by atoms with Crippen molar-refractivity contribution >= 4 is 17.5 Å². The molecule has 8 nitrogen and oxygen atoms in total. The number of likely N-dealkylation sites (N-methyl/N-ethyl adjacent to an activating group) is 1. The number of piperazine rings is 1. The Morgan fingerprint density at radius 3 is 2.57 bits per heavy atom. The van der Waals surface area contributed by atoms with Gasteiger partial charge in [-0.3, -0.25) is 9.69 Å². The molecule has 3 fully saturated rings. The molecule has 0 radical (unpaired) electrons. The van der Waals surface area contributed by atoms with Crippen LogP contribution < -0.4 is 15.5 Å². The number of aromatic nitrogens is 2. The Bertz CT molecular complexity index is 680. The second kappa shape index (κ2) is 10.4. The molecule has 30 heavy (non-hydrogen) atoms. The van der Waals surface area contributed by atoms with E-state index in [1.165, 1.54) is 12.8 Å². The third-order valence-electron chi connectivity index (χ3n) is 6.65. The van der Waals surface area contributed by atoms with Crippen LogP contribution in [0, 0.1) is 5.92 Å². The zero-order valence-electron chi connectivity index (χ0n) is 18.4. The van der Waals surface area contributed by atoms with Gasteiger partial charge in [-0.25, -0.2) is 9.97 Å². The van der Waals surface area contributed by atoms with Crippen molar-refractivity contribution in [2.75, 3.05) is 69.6 Å². The van der Waals surface area contributed by atoms with Crippen LogP contribution >= 0.6 is 0 Å². The predicted molar refractivity (Wildman–Crippen MR) is 120 cm³/mol. The second-order valence-electron chi connectivity index (χ2n) is 9.14. The first-order chi connectivity index (χ1) is 14.7. The molecule has 0 spiro atoms. The highest BCUT2D eigenvalue weighted by Gasteiger charge is 2.23. The molecule has 2 saturated heterocycles. The minimum Gasteiger partial charge on any atom is -0.367 e. The first-order valence-corrected chi connectivity index (χ1v) is 11.7. The van der Waals surface area contributed by atoms with E-state index in [9.17, 15) is 4.79 Å². The topological polar surface area (TPSA) is 76.6 Å². The Labute approximate surface area is 180 Å². The molecular formula is C22H37N7O. The van der Waals surface area contributed by atoms with Gasteiger partial charge in [0, 0.05) is 70.9 Å². The van der Waals surface area contributed by atoms with E-state index in [1.54, 1.807) is 6.33 Å². The fraction of sp³-hybridized carbons (Fsp3) is 0.773. The third kappa shape index (κ3) is 6.54. The van der Waals surface area contributed by atoms with Gasteiger partial charge >= 0.3 is 0 Å². The number of carbonyl (C=O) groups is 1. The Kier molecular flexibility index (Phi) is 7.38. The molecule has 1 aromatic rings. The lowest BCUT2D eigenvalue weighted by Crippen LogP contribution is -2.46. The molecule has 0 unspecified atom stereocenters. The molecule has 0 bridgehead atoms. The van der Waals surface area contributed by atoms with Gasteiger partial charge in [-0.05, 0) is 45.1 Å². The van der Waals surface area contributed by atoms with Gasteiger partial charge < -0.3 is 20.4 Å². The fourth-order valence-electron chi connectivity index (χ4n) is 4.33. The molecule has 2 N–H and O–H groups in total. The fourth-order valence-corrected chi connectivity index (χ4v) is 4.33. The van der Waals surface area contributed by atoms with Gasteiger partial charge in [0.1, 0.15) is 18.0 Å². The second-order valence-corrected chi connectivity index (χ2v) is 9.14. The number of hydrogen-bond donors (Lipinski definition) is 2. The van der Waals surface area contributed by atoms with Crippen LogP contribution in [-0.4, -0.2) is 91.1 Å². The van der Waals surface area contributed by atoms with Crippen molar-refractivity contribution in [2.24, 2.45) is 5.92 Å². The van der Waals surface area contributed by atoms with E-state index in [1.807, 2.05) is 0 Å². The summed E-state index contributed by atoms with van der Waals surface area (Å²) in [6.45, 7) is 8.22. The van der Waals surface area contributed by atoms with Crippen molar-refractivity contribution in [2.45, 2.75) is 44.6 Å². The van der Waals surface area contributed by atoms with Crippen LogP contribution in [0.15, 0.2) is 12.4 Å². The van der Waals surface area contributed by atoms with E-state index in [0.717, 1.165) is 83.3 Å². The van der Waals surface area contributed by atoms with Crippen molar-refractivity contribution in [3.63, 3.8) is 0 Å². The van der Waals surface area contributed by atoms with Crippen molar-refractivity contribution < 1.29 is 4.79 Å². The number of carbonyl (C=O) groups excluding carboxylic acids is 1. The van der Waals surface area contributed by atoms with E-state index >= 15 is 0 Å². The smallest absolute Gasteiger partial charge is 0.220 e. The van der Waals surface area contributed by atoms with Gasteiger partial charge in [0.2, 0.25) is 5.91 Å². The summed E-state index contributed by atoms with van der Waals surface area (Å²) in [5, 5.41) is 6.56. The monoisotopic (exact) mass is 415 g/mol. The van der Waals surface area contributed by atoms with Crippen LogP contribution in [0.1, 0.15) is 38.5 Å². The quantitative estimate of drug-likeness (QED) is 0.631. The zero-order valence-corrected chi connectivity index (χ0v) is 18.4. The number of piperidine rings is 1. The number of amides is 1. The molecule has 3 aliphatic rings. The number of nitrogens with zero attached hydrogens (tertiary/aromatic N) is 5. The van der Waals surface area contributed by atoms with Crippen molar-refractivity contribution in [1.82, 2.24) is 25.1 Å². The van der Waals surface area contributed by atoms with E-state index < -0.39 is 0 Å². The van der Waals surface area contributed by atoms with Crippen molar-refractivity contribution in [3.05, 3.63) is 12.4 Å². The van der Waals surface area contributed by atoms with Crippen molar-refractivity contribution in [1.29, 1.82) is 0 Å². The summed E-state index contributed by atoms with van der Waals surface area (Å²) < 4.78 is 0. The maximum Gasteiger partial charge on any atom is 0.220 e. The number of anilines is 2. The third-order valence-corrected chi connectivity index (χ3v) is 6.65. The minimum atomic E-state index is 0.207. The number of rotatable bonds is 9. The first kappa shape index (κ1) is 21.3. The van der Waals surface area contributed by atoms with Gasteiger partial charge in [0.05, 0.1) is 0 Å². The average molecular weight is 416 g/mol. The maximum atomic E-state index is 12.2. The Morgan fingerprint density at radius 2 is 1.83 bits per heavy atom. The lowest BCUT2D eigenvalue weighted by Gasteiger charge is -2.33. The molecule has 1 aromatic heterocycles. The Hall–Kier alpha value is -1.93. The first-order valence-electron chi connectivity index (χ1n) is 11.7. The molecule has 1 amide bonds. The molecule has 0 aromatic carbocycles. The zero-order chi connectivity index (χ0) is 20.8. The molecule has 0 atom stereocenters. The molecule has 4 rings (SSSR count). The van der Waals surface area contributed by atoms with E-state index in [2.05, 4.69) is 48.4 Å². The highest BCUT2D eigenvalue weighted by Crippen LogP contribution is 2.27. The van der Waals surface area contributed by atoms with Gasteiger partial charge in [-0.2, -0.15) is 0 Å². The highest BCUT2D eigenvalue weighted by atomic mass is 16.1. The summed E-state index contributed by atoms with van der Waals surface area (Å²) in [5.41, 5.74) is 0. The summed E-state index contributed by atoms with van der Waals surface area (Å²) in [5.74, 6) is 2.81. The molecule has 166 valence electrons. The predicted octanol–water partition coefficient (Wildman–Crippen LogP) is 1.41. The van der Waals surface area contributed by atoms with Crippen LogP contribution in [0.25, 0.3) is 0 Å². The molecule has 8 heteroatoms. The summed E-state index contributed by atoms with van der Waals surface area (Å²) in [6, 6.07) is 2.68. The normalized spacial score (nSPS) is 21.6. The maximum absolute atomic E-state index is 12.2. The summed E-state index contributed by atoms with van der Waals surface area (Å²) in [4.78, 5) is 28.2. The van der Waals surface area contributed by atoms with Crippen LogP contribution in [0.5, 0.6) is 0 Å². The summed E-state index contributed by atoms with van der Waals surface area (Å²) >= 11 is 0. The van der Waals surface area contributed by atoms with E-state index in [-0.39, 0.29) is 5.91 Å². The average Bonchev–Trinajstić information content (AvgIpc) is 3.58. The SMILES string of the molecule is CN1CCN(CCNC(=O)CCC2CCN(c3cc(NC4CC4)ncn3)CC2)CC1. The lowest BCUT2D eigenvalue weighted by atomic mass is 9.92. The molecular weight excluding hydrogens is 378 g/mol. The Balaban J connectivity index is 1.10. The Morgan fingerprint density at radius 1 is 1.07 bits per heavy atom. The van der Waals surface area contributed by atoms with E-state index in [0.29, 0.717) is 18.4 Å². The number of nitrogens with one attached hydrogen (secondary N) is 2. The summed E-state index contributed by atoms with van der Waals surface area (Å²) in [6.07, 6.45) is 8.05. The lowest BCUT2D eigenvalue weighted by molar-refractivity contribution is -0.121. The highest BCUT2D eigenvalue weighted by molar-refractivity contribution is 5.75.